The van der Waals surface area contributed by atoms with Gasteiger partial charge in [0.2, 0.25) is 0 Å². The Morgan fingerprint density at radius 3 is 1.09 bits per heavy atom. The third-order valence-corrected chi connectivity index (χ3v) is 9.35. The van der Waals surface area contributed by atoms with E-state index in [4.69, 9.17) is 0 Å². The third-order valence-electron chi connectivity index (χ3n) is 6.27. The lowest BCUT2D eigenvalue weighted by atomic mass is 9.80. The summed E-state index contributed by atoms with van der Waals surface area (Å²) in [5, 5.41) is 14.4. The molecular weight excluding hydrogens is 435 g/mol. The molecule has 0 aliphatic rings. The van der Waals surface area contributed by atoms with Gasteiger partial charge < -0.3 is 9.67 Å². The number of aliphatic hydroxyl groups is 1. The molecule has 0 saturated heterocycles. The Morgan fingerprint density at radius 2 is 0.706 bits per heavy atom. The summed E-state index contributed by atoms with van der Waals surface area (Å²) in [5.41, 5.74) is 0.956. The summed E-state index contributed by atoms with van der Waals surface area (Å²) in [7, 11) is -3.07. The van der Waals surface area contributed by atoms with E-state index in [1.807, 2.05) is 146 Å². The van der Waals surface area contributed by atoms with Crippen molar-refractivity contribution in [2.75, 3.05) is 0 Å². The van der Waals surface area contributed by atoms with Gasteiger partial charge in [-0.25, -0.2) is 0 Å². The van der Waals surface area contributed by atoms with Crippen LogP contribution in [0.3, 0.4) is 0 Å². The molecule has 0 aliphatic heterocycles. The van der Waals surface area contributed by atoms with Gasteiger partial charge in [0.15, 0.2) is 7.14 Å². The first-order valence-corrected chi connectivity index (χ1v) is 13.0. The van der Waals surface area contributed by atoms with Crippen LogP contribution in [-0.4, -0.2) is 5.11 Å². The van der Waals surface area contributed by atoms with Crippen molar-refractivity contribution in [3.8, 4) is 0 Å². The maximum atomic E-state index is 14.7. The maximum Gasteiger partial charge on any atom is 0.171 e. The Labute approximate surface area is 200 Å². The number of rotatable bonds is 6. The second-order valence-electron chi connectivity index (χ2n) is 8.27. The molecule has 166 valence electrons. The van der Waals surface area contributed by atoms with E-state index < -0.39 is 12.7 Å². The Morgan fingerprint density at radius 1 is 0.412 bits per heavy atom. The van der Waals surface area contributed by atoms with Gasteiger partial charge in [0.05, 0.1) is 0 Å². The van der Waals surface area contributed by atoms with Crippen LogP contribution in [0.5, 0.6) is 0 Å². The van der Waals surface area contributed by atoms with Gasteiger partial charge in [-0.15, -0.1) is 0 Å². The monoisotopic (exact) mass is 460 g/mol. The Hall–Kier alpha value is -3.71. The molecule has 3 heteroatoms. The molecular formula is C31H25O2P. The predicted octanol–water partition coefficient (Wildman–Crippen LogP) is 5.61. The fraction of sp³-hybridized carbons (Fsp3) is 0.0323. The average molecular weight is 461 g/mol. The summed E-state index contributed by atoms with van der Waals surface area (Å²) in [6.07, 6.45) is 0. The second kappa shape index (κ2) is 9.27. The highest BCUT2D eigenvalue weighted by Gasteiger charge is 2.35. The van der Waals surface area contributed by atoms with Gasteiger partial charge >= 0.3 is 0 Å². The Bertz CT molecular complexity index is 1320. The van der Waals surface area contributed by atoms with Gasteiger partial charge in [-0.3, -0.25) is 0 Å². The normalized spacial score (nSPS) is 11.8. The molecule has 0 unspecified atom stereocenters. The van der Waals surface area contributed by atoms with Gasteiger partial charge in [-0.05, 0) is 16.7 Å². The summed E-state index contributed by atoms with van der Waals surface area (Å²) in [6.45, 7) is 0. The lowest BCUT2D eigenvalue weighted by molar-refractivity contribution is 0.126. The molecule has 1 N–H and O–H groups in total. The first-order valence-electron chi connectivity index (χ1n) is 11.3. The first-order chi connectivity index (χ1) is 16.6. The molecule has 5 rings (SSSR count). The minimum absolute atomic E-state index is 0.723. The van der Waals surface area contributed by atoms with E-state index in [2.05, 4.69) is 0 Å². The van der Waals surface area contributed by atoms with Crippen LogP contribution in [-0.2, 0) is 10.2 Å². The molecule has 0 radical (unpaired) electrons. The van der Waals surface area contributed by atoms with Crippen LogP contribution in [0, 0.1) is 0 Å². The highest BCUT2D eigenvalue weighted by Crippen LogP contribution is 2.43. The van der Waals surface area contributed by atoms with E-state index >= 15 is 0 Å². The highest BCUT2D eigenvalue weighted by molar-refractivity contribution is 7.85. The van der Waals surface area contributed by atoms with Crippen molar-refractivity contribution in [1.82, 2.24) is 0 Å². The van der Waals surface area contributed by atoms with E-state index in [-0.39, 0.29) is 0 Å². The topological polar surface area (TPSA) is 37.3 Å². The molecule has 0 saturated carbocycles. The summed E-state index contributed by atoms with van der Waals surface area (Å²) >= 11 is 0. The van der Waals surface area contributed by atoms with Crippen molar-refractivity contribution in [2.24, 2.45) is 0 Å². The lowest BCUT2D eigenvalue weighted by Gasteiger charge is -2.30. The predicted molar refractivity (Wildman–Crippen MR) is 141 cm³/mol. The van der Waals surface area contributed by atoms with Crippen molar-refractivity contribution in [1.29, 1.82) is 0 Å². The fourth-order valence-electron chi connectivity index (χ4n) is 4.49. The quantitative estimate of drug-likeness (QED) is 0.264. The summed E-state index contributed by atoms with van der Waals surface area (Å²) in [6, 6.07) is 46.1. The average Bonchev–Trinajstić information content (AvgIpc) is 2.94. The SMILES string of the molecule is O=P(c1ccccc1)(c1ccccc1)c1ccc(C(O)(c2ccccc2)c2ccccc2)cc1. The summed E-state index contributed by atoms with van der Waals surface area (Å²) in [4.78, 5) is 0. The highest BCUT2D eigenvalue weighted by atomic mass is 31.2. The van der Waals surface area contributed by atoms with Gasteiger partial charge in [-0.2, -0.15) is 0 Å². The number of hydrogen-bond acceptors (Lipinski definition) is 2. The summed E-state index contributed by atoms with van der Waals surface area (Å²) < 4.78 is 14.7. The van der Waals surface area contributed by atoms with Crippen molar-refractivity contribution in [2.45, 2.75) is 5.60 Å². The summed E-state index contributed by atoms with van der Waals surface area (Å²) in [5.74, 6) is 0. The van der Waals surface area contributed by atoms with Crippen molar-refractivity contribution in [3.05, 3.63) is 162 Å². The Kier molecular flexibility index (Phi) is 6.02. The molecule has 0 heterocycles. The molecule has 5 aromatic rings. The van der Waals surface area contributed by atoms with Gasteiger partial charge in [0.1, 0.15) is 5.60 Å². The standard InChI is InChI=1S/C31H25O2P/c32-31(25-13-5-1-6-14-25,26-15-7-2-8-16-26)27-21-23-30(24-22-27)34(33,28-17-9-3-10-18-28)29-19-11-4-12-20-29/h1-24,32H. The van der Waals surface area contributed by atoms with Crippen LogP contribution >= 0.6 is 7.14 Å². The molecule has 34 heavy (non-hydrogen) atoms. The number of benzene rings is 5. The van der Waals surface area contributed by atoms with Crippen LogP contribution in [0.15, 0.2) is 146 Å². The first kappa shape index (κ1) is 22.1. The van der Waals surface area contributed by atoms with Gasteiger partial charge in [0, 0.05) is 15.9 Å². The zero-order valence-corrected chi connectivity index (χ0v) is 19.6. The van der Waals surface area contributed by atoms with Gasteiger partial charge in [0.25, 0.3) is 0 Å². The van der Waals surface area contributed by atoms with E-state index in [0.717, 1.165) is 32.6 Å². The third kappa shape index (κ3) is 3.82. The maximum absolute atomic E-state index is 14.7. The molecule has 0 bridgehead atoms. The smallest absolute Gasteiger partial charge is 0.171 e. The minimum atomic E-state index is -3.07. The van der Waals surface area contributed by atoms with Crippen molar-refractivity contribution in [3.63, 3.8) is 0 Å². The largest absolute Gasteiger partial charge is 0.376 e. The minimum Gasteiger partial charge on any atom is -0.376 e. The molecule has 0 amide bonds. The number of hydrogen-bond donors (Lipinski definition) is 1. The molecule has 0 atom stereocenters. The molecule has 2 nitrogen and oxygen atoms in total. The second-order valence-corrected chi connectivity index (χ2v) is 11.0. The van der Waals surface area contributed by atoms with Crippen LogP contribution in [0.4, 0.5) is 0 Å². The van der Waals surface area contributed by atoms with E-state index in [9.17, 15) is 9.67 Å². The zero-order chi connectivity index (χ0) is 23.4. The fourth-order valence-corrected chi connectivity index (χ4v) is 7.14. The zero-order valence-electron chi connectivity index (χ0n) is 18.7. The Balaban J connectivity index is 1.66. The lowest BCUT2D eigenvalue weighted by Crippen LogP contribution is -2.30. The van der Waals surface area contributed by atoms with Crippen molar-refractivity contribution >= 4 is 23.1 Å². The molecule has 0 spiro atoms. The molecule has 5 aromatic carbocycles. The van der Waals surface area contributed by atoms with E-state index in [0.29, 0.717) is 0 Å². The van der Waals surface area contributed by atoms with Crippen LogP contribution < -0.4 is 15.9 Å². The van der Waals surface area contributed by atoms with Crippen molar-refractivity contribution < 1.29 is 9.67 Å². The van der Waals surface area contributed by atoms with Gasteiger partial charge in [-0.1, -0.05) is 146 Å². The molecule has 0 aliphatic carbocycles. The van der Waals surface area contributed by atoms with Crippen LogP contribution in [0.25, 0.3) is 0 Å². The van der Waals surface area contributed by atoms with Crippen LogP contribution in [0.1, 0.15) is 16.7 Å². The van der Waals surface area contributed by atoms with E-state index in [1.54, 1.807) is 0 Å². The van der Waals surface area contributed by atoms with E-state index in [1.165, 1.54) is 0 Å². The molecule has 0 aromatic heterocycles. The molecule has 0 fully saturated rings. The van der Waals surface area contributed by atoms with Crippen LogP contribution in [0.2, 0.25) is 0 Å².